The van der Waals surface area contributed by atoms with Gasteiger partial charge >= 0.3 is 0 Å². The Morgan fingerprint density at radius 2 is 2.12 bits per heavy atom. The molecule has 16 heavy (non-hydrogen) atoms. The standard InChI is InChI=1S/C13H20N2O/c1-2-12-4-3-5-13(10-12)14-11-15-6-8-16-9-7-15/h3-5,10,14H,2,6-9,11H2,1H3. The summed E-state index contributed by atoms with van der Waals surface area (Å²) in [6.45, 7) is 6.87. The summed E-state index contributed by atoms with van der Waals surface area (Å²) >= 11 is 0. The van der Waals surface area contributed by atoms with E-state index in [4.69, 9.17) is 4.74 Å². The van der Waals surface area contributed by atoms with Crippen LogP contribution in [0.3, 0.4) is 0 Å². The second-order valence-corrected chi connectivity index (χ2v) is 4.12. The second kappa shape index (κ2) is 5.87. The molecule has 0 aromatic heterocycles. The maximum atomic E-state index is 5.32. The van der Waals surface area contributed by atoms with Gasteiger partial charge in [0.15, 0.2) is 0 Å². The fraction of sp³-hybridized carbons (Fsp3) is 0.538. The molecule has 3 heteroatoms. The highest BCUT2D eigenvalue weighted by atomic mass is 16.5. The minimum absolute atomic E-state index is 0.858. The molecule has 1 N–H and O–H groups in total. The van der Waals surface area contributed by atoms with Gasteiger partial charge in [0.25, 0.3) is 0 Å². The van der Waals surface area contributed by atoms with E-state index in [9.17, 15) is 0 Å². The van der Waals surface area contributed by atoms with Crippen molar-refractivity contribution in [3.8, 4) is 0 Å². The zero-order chi connectivity index (χ0) is 11.2. The molecule has 0 amide bonds. The molecule has 2 rings (SSSR count). The van der Waals surface area contributed by atoms with Crippen LogP contribution < -0.4 is 5.32 Å². The quantitative estimate of drug-likeness (QED) is 0.839. The van der Waals surface area contributed by atoms with Gasteiger partial charge < -0.3 is 10.1 Å². The summed E-state index contributed by atoms with van der Waals surface area (Å²) in [6, 6.07) is 8.63. The van der Waals surface area contributed by atoms with E-state index in [1.54, 1.807) is 0 Å². The highest BCUT2D eigenvalue weighted by Gasteiger charge is 2.09. The van der Waals surface area contributed by atoms with Gasteiger partial charge in [-0.1, -0.05) is 19.1 Å². The first-order valence-corrected chi connectivity index (χ1v) is 6.01. The number of hydrogen-bond acceptors (Lipinski definition) is 3. The Bertz CT molecular complexity index is 321. The van der Waals surface area contributed by atoms with Crippen molar-refractivity contribution < 1.29 is 4.74 Å². The first-order valence-electron chi connectivity index (χ1n) is 6.01. The maximum absolute atomic E-state index is 5.32. The predicted octanol–water partition coefficient (Wildman–Crippen LogP) is 1.95. The Morgan fingerprint density at radius 3 is 2.88 bits per heavy atom. The molecule has 1 aliphatic rings. The van der Waals surface area contributed by atoms with Crippen LogP contribution in [-0.4, -0.2) is 37.9 Å². The summed E-state index contributed by atoms with van der Waals surface area (Å²) in [5.74, 6) is 0. The molecule has 0 aliphatic carbocycles. The summed E-state index contributed by atoms with van der Waals surface area (Å²) in [7, 11) is 0. The lowest BCUT2D eigenvalue weighted by Gasteiger charge is -2.27. The third-order valence-electron chi connectivity index (χ3n) is 2.95. The van der Waals surface area contributed by atoms with Crippen molar-refractivity contribution in [3.63, 3.8) is 0 Å². The highest BCUT2D eigenvalue weighted by Crippen LogP contribution is 2.11. The lowest BCUT2D eigenvalue weighted by molar-refractivity contribution is 0.0414. The van der Waals surface area contributed by atoms with Gasteiger partial charge in [-0.05, 0) is 24.1 Å². The van der Waals surface area contributed by atoms with Gasteiger partial charge in [-0.2, -0.15) is 0 Å². The largest absolute Gasteiger partial charge is 0.379 e. The molecule has 0 radical (unpaired) electrons. The zero-order valence-electron chi connectivity index (χ0n) is 9.91. The molecule has 1 aromatic carbocycles. The number of rotatable bonds is 4. The first kappa shape index (κ1) is 11.4. The molecule has 1 saturated heterocycles. The van der Waals surface area contributed by atoms with E-state index < -0.39 is 0 Å². The van der Waals surface area contributed by atoms with E-state index in [1.165, 1.54) is 11.3 Å². The minimum Gasteiger partial charge on any atom is -0.379 e. The van der Waals surface area contributed by atoms with Crippen LogP contribution in [0.4, 0.5) is 5.69 Å². The molecule has 0 saturated carbocycles. The summed E-state index contributed by atoms with van der Waals surface area (Å²) in [5.41, 5.74) is 2.60. The van der Waals surface area contributed by atoms with E-state index in [1.807, 2.05) is 0 Å². The van der Waals surface area contributed by atoms with E-state index in [2.05, 4.69) is 41.4 Å². The van der Waals surface area contributed by atoms with Gasteiger partial charge in [0.2, 0.25) is 0 Å². The molecule has 0 atom stereocenters. The molecule has 88 valence electrons. The van der Waals surface area contributed by atoms with Crippen molar-refractivity contribution >= 4 is 5.69 Å². The Morgan fingerprint density at radius 1 is 1.31 bits per heavy atom. The van der Waals surface area contributed by atoms with E-state index in [0.717, 1.165) is 39.4 Å². The average Bonchev–Trinajstić information content (AvgIpc) is 2.38. The predicted molar refractivity (Wildman–Crippen MR) is 66.7 cm³/mol. The molecule has 0 spiro atoms. The Kier molecular flexibility index (Phi) is 4.19. The average molecular weight is 220 g/mol. The minimum atomic E-state index is 0.858. The van der Waals surface area contributed by atoms with Crippen molar-refractivity contribution in [1.29, 1.82) is 0 Å². The number of benzene rings is 1. The lowest BCUT2D eigenvalue weighted by atomic mass is 10.1. The molecule has 1 fully saturated rings. The first-order chi connectivity index (χ1) is 7.88. The Balaban J connectivity index is 1.83. The van der Waals surface area contributed by atoms with Crippen LogP contribution in [-0.2, 0) is 11.2 Å². The van der Waals surface area contributed by atoms with Gasteiger partial charge in [0.1, 0.15) is 0 Å². The number of hydrogen-bond donors (Lipinski definition) is 1. The second-order valence-electron chi connectivity index (χ2n) is 4.12. The molecular weight excluding hydrogens is 200 g/mol. The van der Waals surface area contributed by atoms with Crippen LogP contribution in [0.5, 0.6) is 0 Å². The summed E-state index contributed by atoms with van der Waals surface area (Å²) in [4.78, 5) is 2.38. The molecular formula is C13H20N2O. The number of aryl methyl sites for hydroxylation is 1. The third kappa shape index (κ3) is 3.22. The van der Waals surface area contributed by atoms with Crippen molar-refractivity contribution in [2.75, 3.05) is 38.3 Å². The number of nitrogens with zero attached hydrogens (tertiary/aromatic N) is 1. The molecule has 0 bridgehead atoms. The number of nitrogens with one attached hydrogen (secondary N) is 1. The van der Waals surface area contributed by atoms with Gasteiger partial charge in [-0.25, -0.2) is 0 Å². The number of morpholine rings is 1. The van der Waals surface area contributed by atoms with E-state index >= 15 is 0 Å². The van der Waals surface area contributed by atoms with Crippen LogP contribution in [0.25, 0.3) is 0 Å². The summed E-state index contributed by atoms with van der Waals surface area (Å²) in [5, 5.41) is 3.46. The van der Waals surface area contributed by atoms with Gasteiger partial charge in [-0.15, -0.1) is 0 Å². The topological polar surface area (TPSA) is 24.5 Å². The van der Waals surface area contributed by atoms with Crippen molar-refractivity contribution in [3.05, 3.63) is 29.8 Å². The smallest absolute Gasteiger partial charge is 0.0679 e. The van der Waals surface area contributed by atoms with Crippen LogP contribution >= 0.6 is 0 Å². The lowest BCUT2D eigenvalue weighted by Crippen LogP contribution is -2.39. The molecule has 0 unspecified atom stereocenters. The fourth-order valence-electron chi connectivity index (χ4n) is 1.86. The number of ether oxygens (including phenoxy) is 1. The van der Waals surface area contributed by atoms with Crippen LogP contribution in [0.1, 0.15) is 12.5 Å². The number of anilines is 1. The SMILES string of the molecule is CCc1cccc(NCN2CCOCC2)c1. The monoisotopic (exact) mass is 220 g/mol. The Labute approximate surface area is 97.4 Å². The van der Waals surface area contributed by atoms with E-state index in [0.29, 0.717) is 0 Å². The fourth-order valence-corrected chi connectivity index (χ4v) is 1.86. The normalized spacial score (nSPS) is 17.3. The van der Waals surface area contributed by atoms with Crippen molar-refractivity contribution in [1.82, 2.24) is 4.90 Å². The molecule has 1 aromatic rings. The Hall–Kier alpha value is -1.06. The summed E-state index contributed by atoms with van der Waals surface area (Å²) < 4.78 is 5.32. The van der Waals surface area contributed by atoms with Gasteiger partial charge in [0, 0.05) is 18.8 Å². The molecule has 1 heterocycles. The van der Waals surface area contributed by atoms with Gasteiger partial charge in [-0.3, -0.25) is 4.90 Å². The van der Waals surface area contributed by atoms with Crippen molar-refractivity contribution in [2.45, 2.75) is 13.3 Å². The van der Waals surface area contributed by atoms with Crippen LogP contribution in [0, 0.1) is 0 Å². The molecule has 3 nitrogen and oxygen atoms in total. The van der Waals surface area contributed by atoms with Crippen LogP contribution in [0.15, 0.2) is 24.3 Å². The zero-order valence-corrected chi connectivity index (χ0v) is 9.91. The highest BCUT2D eigenvalue weighted by molar-refractivity contribution is 5.45. The third-order valence-corrected chi connectivity index (χ3v) is 2.95. The van der Waals surface area contributed by atoms with Gasteiger partial charge in [0.05, 0.1) is 19.9 Å². The molecule has 1 aliphatic heterocycles. The van der Waals surface area contributed by atoms with Crippen molar-refractivity contribution in [2.24, 2.45) is 0 Å². The summed E-state index contributed by atoms with van der Waals surface area (Å²) in [6.07, 6.45) is 1.09. The van der Waals surface area contributed by atoms with E-state index in [-0.39, 0.29) is 0 Å². The maximum Gasteiger partial charge on any atom is 0.0679 e. The van der Waals surface area contributed by atoms with Crippen LogP contribution in [0.2, 0.25) is 0 Å².